The SMILES string of the molecule is CS(=N)(=O)CCN1CCNCC1. The van der Waals surface area contributed by atoms with Gasteiger partial charge in [0.2, 0.25) is 0 Å². The average Bonchev–Trinajstić information content (AvgIpc) is 2.02. The highest BCUT2D eigenvalue weighted by molar-refractivity contribution is 7.91. The van der Waals surface area contributed by atoms with Crippen LogP contribution in [-0.2, 0) is 9.73 Å². The van der Waals surface area contributed by atoms with Crippen LogP contribution in [0, 0.1) is 4.78 Å². The van der Waals surface area contributed by atoms with Gasteiger partial charge in [0.05, 0.1) is 0 Å². The molecule has 12 heavy (non-hydrogen) atoms. The van der Waals surface area contributed by atoms with Crippen LogP contribution in [0.15, 0.2) is 0 Å². The molecule has 2 N–H and O–H groups in total. The fourth-order valence-corrected chi connectivity index (χ4v) is 1.84. The van der Waals surface area contributed by atoms with Crippen LogP contribution >= 0.6 is 0 Å². The van der Waals surface area contributed by atoms with Crippen molar-refractivity contribution in [3.8, 4) is 0 Å². The van der Waals surface area contributed by atoms with E-state index in [4.69, 9.17) is 4.78 Å². The minimum Gasteiger partial charge on any atom is -0.314 e. The number of nitrogens with one attached hydrogen (secondary N) is 2. The van der Waals surface area contributed by atoms with Gasteiger partial charge in [-0.3, -0.25) is 13.9 Å². The van der Waals surface area contributed by atoms with E-state index in [-0.39, 0.29) is 0 Å². The number of nitrogens with zero attached hydrogens (tertiary/aromatic N) is 1. The molecule has 0 bridgehead atoms. The van der Waals surface area contributed by atoms with Crippen molar-refractivity contribution in [2.24, 2.45) is 0 Å². The predicted octanol–water partition coefficient (Wildman–Crippen LogP) is -0.432. The van der Waals surface area contributed by atoms with Gasteiger partial charge < -0.3 is 5.32 Å². The van der Waals surface area contributed by atoms with Crippen LogP contribution in [0.1, 0.15) is 0 Å². The normalized spacial score (nSPS) is 25.1. The number of rotatable bonds is 3. The van der Waals surface area contributed by atoms with E-state index in [1.165, 1.54) is 6.26 Å². The first-order chi connectivity index (χ1) is 5.58. The molecule has 0 amide bonds. The minimum atomic E-state index is -2.29. The van der Waals surface area contributed by atoms with Crippen LogP contribution in [0.4, 0.5) is 0 Å². The summed E-state index contributed by atoms with van der Waals surface area (Å²) in [5, 5.41) is 3.25. The minimum absolute atomic E-state index is 0.507. The fourth-order valence-electron chi connectivity index (χ4n) is 1.24. The zero-order valence-corrected chi connectivity index (χ0v) is 8.32. The third kappa shape index (κ3) is 4.04. The van der Waals surface area contributed by atoms with E-state index < -0.39 is 9.73 Å². The van der Waals surface area contributed by atoms with Crippen LogP contribution in [-0.4, -0.2) is 53.8 Å². The molecular weight excluding hydrogens is 174 g/mol. The van der Waals surface area contributed by atoms with Crippen molar-refractivity contribution < 1.29 is 4.21 Å². The number of hydrogen-bond donors (Lipinski definition) is 2. The third-order valence-electron chi connectivity index (χ3n) is 2.01. The van der Waals surface area contributed by atoms with E-state index in [0.29, 0.717) is 5.75 Å². The summed E-state index contributed by atoms with van der Waals surface area (Å²) in [6, 6.07) is 0. The highest BCUT2D eigenvalue weighted by atomic mass is 32.2. The molecule has 0 aromatic carbocycles. The largest absolute Gasteiger partial charge is 0.314 e. The summed E-state index contributed by atoms with van der Waals surface area (Å²) in [6.07, 6.45) is 1.51. The molecule has 1 aliphatic heterocycles. The summed E-state index contributed by atoms with van der Waals surface area (Å²) in [4.78, 5) is 2.26. The summed E-state index contributed by atoms with van der Waals surface area (Å²) < 4.78 is 18.3. The van der Waals surface area contributed by atoms with Gasteiger partial charge in [-0.25, -0.2) is 0 Å². The zero-order chi connectivity index (χ0) is 9.03. The lowest BCUT2D eigenvalue weighted by molar-refractivity contribution is 0.254. The zero-order valence-electron chi connectivity index (χ0n) is 7.51. The lowest BCUT2D eigenvalue weighted by Gasteiger charge is -2.26. The van der Waals surface area contributed by atoms with Crippen molar-refractivity contribution in [3.05, 3.63) is 0 Å². The van der Waals surface area contributed by atoms with Gasteiger partial charge in [0, 0.05) is 54.5 Å². The Bertz CT molecular complexity index is 219. The van der Waals surface area contributed by atoms with Gasteiger partial charge in [0.1, 0.15) is 0 Å². The van der Waals surface area contributed by atoms with Crippen LogP contribution in [0.5, 0.6) is 0 Å². The first-order valence-corrected chi connectivity index (χ1v) is 6.36. The third-order valence-corrected chi connectivity index (χ3v) is 2.97. The monoisotopic (exact) mass is 191 g/mol. The molecule has 0 spiro atoms. The van der Waals surface area contributed by atoms with Crippen molar-refractivity contribution in [3.63, 3.8) is 0 Å². The molecule has 0 aromatic heterocycles. The van der Waals surface area contributed by atoms with E-state index >= 15 is 0 Å². The molecule has 1 unspecified atom stereocenters. The summed E-state index contributed by atoms with van der Waals surface area (Å²) in [5.74, 6) is 0.507. The van der Waals surface area contributed by atoms with Gasteiger partial charge >= 0.3 is 0 Å². The molecule has 0 aromatic rings. The van der Waals surface area contributed by atoms with Crippen molar-refractivity contribution in [1.29, 1.82) is 4.78 Å². The van der Waals surface area contributed by atoms with Crippen LogP contribution < -0.4 is 5.32 Å². The Morgan fingerprint density at radius 1 is 1.50 bits per heavy atom. The van der Waals surface area contributed by atoms with Gasteiger partial charge in [-0.2, -0.15) is 0 Å². The lowest BCUT2D eigenvalue weighted by Crippen LogP contribution is -2.44. The Balaban J connectivity index is 2.22. The highest BCUT2D eigenvalue weighted by Gasteiger charge is 2.10. The molecule has 0 radical (unpaired) electrons. The van der Waals surface area contributed by atoms with E-state index in [9.17, 15) is 4.21 Å². The van der Waals surface area contributed by atoms with Crippen LogP contribution in [0.25, 0.3) is 0 Å². The second-order valence-electron chi connectivity index (χ2n) is 3.30. The predicted molar refractivity (Wildman–Crippen MR) is 51.0 cm³/mol. The Labute approximate surface area is 74.3 Å². The van der Waals surface area contributed by atoms with Crippen LogP contribution in [0.3, 0.4) is 0 Å². The first kappa shape index (κ1) is 9.95. The van der Waals surface area contributed by atoms with Crippen LogP contribution in [0.2, 0.25) is 0 Å². The maximum absolute atomic E-state index is 11.1. The number of hydrogen-bond acceptors (Lipinski definition) is 4. The Morgan fingerprint density at radius 3 is 2.58 bits per heavy atom. The smallest absolute Gasteiger partial charge is 0.0440 e. The first-order valence-electron chi connectivity index (χ1n) is 4.22. The van der Waals surface area contributed by atoms with Gasteiger partial charge in [-0.1, -0.05) is 0 Å². The second-order valence-corrected chi connectivity index (χ2v) is 5.72. The second kappa shape index (κ2) is 4.20. The van der Waals surface area contributed by atoms with Crippen molar-refractivity contribution in [1.82, 2.24) is 10.2 Å². The molecule has 4 nitrogen and oxygen atoms in total. The highest BCUT2D eigenvalue weighted by Crippen LogP contribution is 1.93. The standard InChI is InChI=1S/C7H17N3OS/c1-12(8,11)7-6-10-4-2-9-3-5-10/h8-9H,2-7H2,1H3. The molecule has 0 saturated carbocycles. The Kier molecular flexibility index (Phi) is 3.49. The molecule has 1 fully saturated rings. The molecule has 72 valence electrons. The fraction of sp³-hybridized carbons (Fsp3) is 1.00. The summed E-state index contributed by atoms with van der Waals surface area (Å²) in [5.41, 5.74) is 0. The van der Waals surface area contributed by atoms with Crippen molar-refractivity contribution in [2.45, 2.75) is 0 Å². The van der Waals surface area contributed by atoms with E-state index in [2.05, 4.69) is 10.2 Å². The van der Waals surface area contributed by atoms with Crippen molar-refractivity contribution in [2.75, 3.05) is 44.7 Å². The molecule has 1 rings (SSSR count). The van der Waals surface area contributed by atoms with E-state index in [1.807, 2.05) is 0 Å². The van der Waals surface area contributed by atoms with E-state index in [1.54, 1.807) is 0 Å². The maximum atomic E-state index is 11.1. The van der Waals surface area contributed by atoms with Gasteiger partial charge in [0.25, 0.3) is 0 Å². The topological polar surface area (TPSA) is 56.2 Å². The number of piperazine rings is 1. The maximum Gasteiger partial charge on any atom is 0.0440 e. The summed E-state index contributed by atoms with van der Waals surface area (Å²) in [6.45, 7) is 4.89. The van der Waals surface area contributed by atoms with Gasteiger partial charge in [-0.15, -0.1) is 0 Å². The quantitative estimate of drug-likeness (QED) is 0.636. The lowest BCUT2D eigenvalue weighted by atomic mass is 10.4. The molecule has 0 aliphatic carbocycles. The summed E-state index contributed by atoms with van der Waals surface area (Å²) >= 11 is 0. The Morgan fingerprint density at radius 2 is 2.08 bits per heavy atom. The van der Waals surface area contributed by atoms with Crippen molar-refractivity contribution >= 4 is 9.73 Å². The molecule has 1 heterocycles. The molecular formula is C7H17N3OS. The molecule has 5 heteroatoms. The van der Waals surface area contributed by atoms with E-state index in [0.717, 1.165) is 32.7 Å². The molecule has 1 atom stereocenters. The summed E-state index contributed by atoms with van der Waals surface area (Å²) in [7, 11) is -2.29. The Hall–Kier alpha value is -0.130. The molecule has 1 saturated heterocycles. The van der Waals surface area contributed by atoms with Gasteiger partial charge in [-0.05, 0) is 0 Å². The molecule has 1 aliphatic rings. The average molecular weight is 191 g/mol. The van der Waals surface area contributed by atoms with Gasteiger partial charge in [0.15, 0.2) is 0 Å².